The fourth-order valence-electron chi connectivity index (χ4n) is 1.21. The Morgan fingerprint density at radius 2 is 1.73 bits per heavy atom. The summed E-state index contributed by atoms with van der Waals surface area (Å²) < 4.78 is 5.86. The molecule has 0 saturated carbocycles. The lowest BCUT2D eigenvalue weighted by Gasteiger charge is -2.19. The van der Waals surface area contributed by atoms with Crippen molar-refractivity contribution in [1.82, 2.24) is 0 Å². The summed E-state index contributed by atoms with van der Waals surface area (Å²) in [5.74, 6) is 0. The second-order valence-electron chi connectivity index (χ2n) is 3.69. The molecule has 84 valence electrons. The van der Waals surface area contributed by atoms with Crippen molar-refractivity contribution in [1.29, 1.82) is 0 Å². The summed E-state index contributed by atoms with van der Waals surface area (Å²) in [4.78, 5) is 0. The molecule has 1 unspecified atom stereocenters. The van der Waals surface area contributed by atoms with E-state index in [9.17, 15) is 0 Å². The molecule has 0 aliphatic heterocycles. The normalized spacial score (nSPS) is 13.1. The van der Waals surface area contributed by atoms with Crippen LogP contribution in [0.1, 0.15) is 30.4 Å². The summed E-state index contributed by atoms with van der Waals surface area (Å²) in [7, 11) is 3.50. The molecule has 1 rings (SSSR count). The van der Waals surface area contributed by atoms with Crippen LogP contribution in [0.2, 0.25) is 0 Å². The van der Waals surface area contributed by atoms with E-state index in [0.717, 1.165) is 0 Å². The second kappa shape index (κ2) is 6.46. The van der Waals surface area contributed by atoms with Crippen LogP contribution in [0.4, 0.5) is 0 Å². The number of rotatable bonds is 5. The molecule has 0 bridgehead atoms. The van der Waals surface area contributed by atoms with Gasteiger partial charge >= 0.3 is 0 Å². The van der Waals surface area contributed by atoms with Crippen LogP contribution in [-0.4, -0.2) is 12.4 Å². The van der Waals surface area contributed by atoms with E-state index in [4.69, 9.17) is 4.74 Å². The van der Waals surface area contributed by atoms with E-state index in [2.05, 4.69) is 51.3 Å². The largest absolute Gasteiger partial charge is 0.359 e. The van der Waals surface area contributed by atoms with Crippen molar-refractivity contribution in [3.8, 4) is 0 Å². The molecular weight excluding hydrogens is 224 g/mol. The Morgan fingerprint density at radius 1 is 1.13 bits per heavy atom. The molecule has 1 atom stereocenters. The maximum atomic E-state index is 5.86. The zero-order valence-electron chi connectivity index (χ0n) is 9.69. The predicted octanol–water partition coefficient (Wildman–Crippen LogP) is 4.43. The lowest BCUT2D eigenvalue weighted by Crippen LogP contribution is -2.06. The highest BCUT2D eigenvalue weighted by Gasteiger charge is 2.13. The molecule has 15 heavy (non-hydrogen) atoms. The molecule has 1 aromatic carbocycles. The van der Waals surface area contributed by atoms with Crippen molar-refractivity contribution in [3.05, 3.63) is 35.4 Å². The van der Waals surface area contributed by atoms with Crippen molar-refractivity contribution >= 4 is 21.6 Å². The fourth-order valence-corrected chi connectivity index (χ4v) is 2.92. The molecule has 0 aromatic heterocycles. The number of hydrogen-bond donors (Lipinski definition) is 0. The van der Waals surface area contributed by atoms with Crippen molar-refractivity contribution in [2.45, 2.75) is 32.3 Å². The van der Waals surface area contributed by atoms with Crippen molar-refractivity contribution in [2.75, 3.05) is 6.26 Å². The van der Waals surface area contributed by atoms with E-state index < -0.39 is 0 Å². The second-order valence-corrected chi connectivity index (χ2v) is 6.22. The lowest BCUT2D eigenvalue weighted by atomic mass is 10.2. The smallest absolute Gasteiger partial charge is 0.138 e. The third kappa shape index (κ3) is 4.49. The summed E-state index contributed by atoms with van der Waals surface area (Å²) in [5, 5.41) is 0. The summed E-state index contributed by atoms with van der Waals surface area (Å²) in [6.07, 6.45) is 2.34. The van der Waals surface area contributed by atoms with E-state index in [1.54, 1.807) is 21.6 Å². The van der Waals surface area contributed by atoms with Crippen molar-refractivity contribution < 1.29 is 4.74 Å². The van der Waals surface area contributed by atoms with E-state index in [1.807, 2.05) is 0 Å². The third-order valence-corrected chi connectivity index (χ3v) is 3.78. The van der Waals surface area contributed by atoms with Crippen LogP contribution in [0.25, 0.3) is 0 Å². The maximum Gasteiger partial charge on any atom is 0.138 e. The van der Waals surface area contributed by atoms with Crippen LogP contribution in [0, 0.1) is 6.92 Å². The number of aryl methyl sites for hydroxylation is 1. The van der Waals surface area contributed by atoms with Crippen LogP contribution in [0.3, 0.4) is 0 Å². The summed E-state index contributed by atoms with van der Waals surface area (Å²) in [5.41, 5.74) is 2.67. The van der Waals surface area contributed by atoms with Gasteiger partial charge in [-0.05, 0) is 32.6 Å². The minimum Gasteiger partial charge on any atom is -0.359 e. The molecular formula is C12H18OS2. The van der Waals surface area contributed by atoms with Crippen LogP contribution in [0.5, 0.6) is 0 Å². The average Bonchev–Trinajstić information content (AvgIpc) is 2.17. The number of hydrogen-bond acceptors (Lipinski definition) is 3. The minimum absolute atomic E-state index is 0.139. The van der Waals surface area contributed by atoms with E-state index in [1.165, 1.54) is 11.1 Å². The predicted molar refractivity (Wildman–Crippen MR) is 71.2 cm³/mol. The lowest BCUT2D eigenvalue weighted by molar-refractivity contribution is 0.0600. The Balaban J connectivity index is 2.74. The molecule has 0 radical (unpaired) electrons. The first-order chi connectivity index (χ1) is 7.13. The SMILES string of the molecule is CSSC(OC(C)C)c1ccc(C)cc1. The van der Waals surface area contributed by atoms with E-state index in [0.29, 0.717) is 0 Å². The van der Waals surface area contributed by atoms with Gasteiger partial charge in [0, 0.05) is 0 Å². The molecule has 0 N–H and O–H groups in total. The van der Waals surface area contributed by atoms with Gasteiger partial charge in [-0.2, -0.15) is 0 Å². The highest BCUT2D eigenvalue weighted by atomic mass is 33.1. The zero-order chi connectivity index (χ0) is 11.3. The molecule has 0 heterocycles. The molecule has 3 heteroatoms. The quantitative estimate of drug-likeness (QED) is 0.558. The van der Waals surface area contributed by atoms with Gasteiger partial charge < -0.3 is 4.74 Å². The highest BCUT2D eigenvalue weighted by Crippen LogP contribution is 2.38. The van der Waals surface area contributed by atoms with E-state index >= 15 is 0 Å². The average molecular weight is 242 g/mol. The highest BCUT2D eigenvalue weighted by molar-refractivity contribution is 8.76. The molecule has 0 amide bonds. The third-order valence-electron chi connectivity index (χ3n) is 1.93. The molecule has 0 spiro atoms. The van der Waals surface area contributed by atoms with Gasteiger partial charge in [0.15, 0.2) is 0 Å². The van der Waals surface area contributed by atoms with Crippen molar-refractivity contribution in [2.24, 2.45) is 0 Å². The standard InChI is InChI=1S/C12H18OS2/c1-9(2)13-12(15-14-4)11-7-5-10(3)6-8-11/h5-9,12H,1-4H3. The van der Waals surface area contributed by atoms with Crippen LogP contribution >= 0.6 is 21.6 Å². The molecule has 1 aromatic rings. The van der Waals surface area contributed by atoms with Crippen LogP contribution in [0.15, 0.2) is 24.3 Å². The molecule has 1 nitrogen and oxygen atoms in total. The van der Waals surface area contributed by atoms with Gasteiger partial charge in [-0.1, -0.05) is 51.4 Å². The summed E-state index contributed by atoms with van der Waals surface area (Å²) in [6, 6.07) is 8.55. The monoisotopic (exact) mass is 242 g/mol. The number of benzene rings is 1. The van der Waals surface area contributed by atoms with Gasteiger partial charge in [-0.25, -0.2) is 0 Å². The Kier molecular flexibility index (Phi) is 5.58. The van der Waals surface area contributed by atoms with Gasteiger partial charge in [-0.3, -0.25) is 0 Å². The van der Waals surface area contributed by atoms with Crippen LogP contribution < -0.4 is 0 Å². The van der Waals surface area contributed by atoms with Crippen molar-refractivity contribution in [3.63, 3.8) is 0 Å². The molecule has 0 fully saturated rings. The Labute approximate surface area is 100 Å². The maximum absolute atomic E-state index is 5.86. The molecule has 0 saturated heterocycles. The Hall–Kier alpha value is -0.120. The van der Waals surface area contributed by atoms with E-state index in [-0.39, 0.29) is 11.5 Å². The fraction of sp³-hybridized carbons (Fsp3) is 0.500. The Morgan fingerprint density at radius 3 is 2.20 bits per heavy atom. The first-order valence-corrected chi connectivity index (χ1v) is 7.67. The zero-order valence-corrected chi connectivity index (χ0v) is 11.3. The molecule has 0 aliphatic rings. The Bertz CT molecular complexity index is 282. The van der Waals surface area contributed by atoms with Crippen LogP contribution in [-0.2, 0) is 4.74 Å². The first-order valence-electron chi connectivity index (χ1n) is 5.05. The summed E-state index contributed by atoms with van der Waals surface area (Å²) in [6.45, 7) is 6.24. The summed E-state index contributed by atoms with van der Waals surface area (Å²) >= 11 is 0. The van der Waals surface area contributed by atoms with Gasteiger partial charge in [0.05, 0.1) is 6.10 Å². The molecule has 0 aliphatic carbocycles. The first kappa shape index (κ1) is 12.9. The number of ether oxygens (including phenoxy) is 1. The van der Waals surface area contributed by atoms with Gasteiger partial charge in [0.2, 0.25) is 0 Å². The topological polar surface area (TPSA) is 9.23 Å². The van der Waals surface area contributed by atoms with Gasteiger partial charge in [0.1, 0.15) is 5.44 Å². The van der Waals surface area contributed by atoms with Gasteiger partial charge in [0.25, 0.3) is 0 Å². The minimum atomic E-state index is 0.139. The van der Waals surface area contributed by atoms with Gasteiger partial charge in [-0.15, -0.1) is 0 Å².